The summed E-state index contributed by atoms with van der Waals surface area (Å²) in [4.78, 5) is 14.6. The summed E-state index contributed by atoms with van der Waals surface area (Å²) in [5.74, 6) is 0.719. The summed E-state index contributed by atoms with van der Waals surface area (Å²) in [6.45, 7) is 7.67. The van der Waals surface area contributed by atoms with Crippen molar-refractivity contribution in [3.63, 3.8) is 0 Å². The number of carbonyl (C=O) groups is 1. The fourth-order valence-electron chi connectivity index (χ4n) is 3.27. The zero-order chi connectivity index (χ0) is 17.2. The summed E-state index contributed by atoms with van der Waals surface area (Å²) in [6, 6.07) is 9.76. The van der Waals surface area contributed by atoms with E-state index in [2.05, 4.69) is 34.3 Å². The third-order valence-electron chi connectivity index (χ3n) is 4.82. The lowest BCUT2D eigenvalue weighted by Gasteiger charge is -2.30. The van der Waals surface area contributed by atoms with Crippen molar-refractivity contribution in [3.05, 3.63) is 30.3 Å². The first-order valence-corrected chi connectivity index (χ1v) is 8.34. The standard InChI is InChI=1S/C17H23N5O2/c1-4-24-15(23)17(13(2)3)10-11-21(12-17)16-18-19-20-22(16)14-8-6-5-7-9-14/h5-9,13H,4,10-12H2,1-3H3. The van der Waals surface area contributed by atoms with Gasteiger partial charge in [0.25, 0.3) is 0 Å². The Kier molecular flexibility index (Phi) is 4.51. The lowest BCUT2D eigenvalue weighted by Crippen LogP contribution is -2.41. The molecule has 1 saturated heterocycles. The number of anilines is 1. The SMILES string of the molecule is CCOC(=O)C1(C(C)C)CCN(c2nnnn2-c2ccccc2)C1. The van der Waals surface area contributed by atoms with Crippen LogP contribution in [0.5, 0.6) is 0 Å². The summed E-state index contributed by atoms with van der Waals surface area (Å²) >= 11 is 0. The summed E-state index contributed by atoms with van der Waals surface area (Å²) in [7, 11) is 0. The molecule has 3 rings (SSSR count). The van der Waals surface area contributed by atoms with Crippen LogP contribution in [0.4, 0.5) is 5.95 Å². The zero-order valence-electron chi connectivity index (χ0n) is 14.3. The van der Waals surface area contributed by atoms with Crippen LogP contribution in [-0.4, -0.2) is 45.9 Å². The summed E-state index contributed by atoms with van der Waals surface area (Å²) in [6.07, 6.45) is 0.741. The van der Waals surface area contributed by atoms with Crippen molar-refractivity contribution in [1.82, 2.24) is 20.2 Å². The lowest BCUT2D eigenvalue weighted by atomic mass is 9.76. The molecule has 2 heterocycles. The number of esters is 1. The van der Waals surface area contributed by atoms with Gasteiger partial charge in [-0.3, -0.25) is 4.79 Å². The van der Waals surface area contributed by atoms with Crippen LogP contribution in [0.15, 0.2) is 30.3 Å². The van der Waals surface area contributed by atoms with E-state index in [9.17, 15) is 4.79 Å². The monoisotopic (exact) mass is 329 g/mol. The maximum absolute atomic E-state index is 12.6. The molecule has 1 aromatic carbocycles. The van der Waals surface area contributed by atoms with Crippen LogP contribution in [0.25, 0.3) is 5.69 Å². The largest absolute Gasteiger partial charge is 0.466 e. The highest BCUT2D eigenvalue weighted by molar-refractivity contribution is 5.79. The summed E-state index contributed by atoms with van der Waals surface area (Å²) in [5, 5.41) is 12.1. The van der Waals surface area contributed by atoms with E-state index in [1.165, 1.54) is 0 Å². The van der Waals surface area contributed by atoms with Gasteiger partial charge in [-0.1, -0.05) is 37.1 Å². The third kappa shape index (κ3) is 2.74. The van der Waals surface area contributed by atoms with Crippen LogP contribution in [-0.2, 0) is 9.53 Å². The molecule has 2 aromatic rings. The van der Waals surface area contributed by atoms with Crippen molar-refractivity contribution in [1.29, 1.82) is 0 Å². The predicted molar refractivity (Wildman–Crippen MR) is 89.9 cm³/mol. The van der Waals surface area contributed by atoms with Gasteiger partial charge in [-0.05, 0) is 41.8 Å². The Morgan fingerprint density at radius 1 is 1.33 bits per heavy atom. The van der Waals surface area contributed by atoms with Crippen molar-refractivity contribution in [3.8, 4) is 5.69 Å². The Labute approximate surface area is 141 Å². The van der Waals surface area contributed by atoms with Gasteiger partial charge in [-0.15, -0.1) is 0 Å². The van der Waals surface area contributed by atoms with E-state index in [0.717, 1.165) is 18.7 Å². The molecule has 1 fully saturated rings. The average molecular weight is 329 g/mol. The molecular formula is C17H23N5O2. The van der Waals surface area contributed by atoms with Gasteiger partial charge >= 0.3 is 5.97 Å². The van der Waals surface area contributed by atoms with Gasteiger partial charge in [0, 0.05) is 13.1 Å². The smallest absolute Gasteiger partial charge is 0.314 e. The molecule has 24 heavy (non-hydrogen) atoms. The van der Waals surface area contributed by atoms with Gasteiger partial charge in [0.05, 0.1) is 17.7 Å². The van der Waals surface area contributed by atoms with Crippen LogP contribution in [0.1, 0.15) is 27.2 Å². The number of para-hydroxylation sites is 1. The number of carbonyl (C=O) groups excluding carboxylic acids is 1. The minimum atomic E-state index is -0.510. The Bertz CT molecular complexity index is 700. The van der Waals surface area contributed by atoms with Crippen molar-refractivity contribution >= 4 is 11.9 Å². The molecule has 1 unspecified atom stereocenters. The van der Waals surface area contributed by atoms with Crippen molar-refractivity contribution in [2.75, 3.05) is 24.6 Å². The fourth-order valence-corrected chi connectivity index (χ4v) is 3.27. The number of ether oxygens (including phenoxy) is 1. The van der Waals surface area contributed by atoms with Crippen LogP contribution in [0.3, 0.4) is 0 Å². The molecule has 7 heteroatoms. The maximum atomic E-state index is 12.6. The van der Waals surface area contributed by atoms with E-state index in [1.54, 1.807) is 4.68 Å². The van der Waals surface area contributed by atoms with E-state index in [1.807, 2.05) is 37.3 Å². The number of nitrogens with zero attached hydrogens (tertiary/aromatic N) is 5. The molecule has 0 bridgehead atoms. The summed E-state index contributed by atoms with van der Waals surface area (Å²) < 4.78 is 7.06. The first-order valence-electron chi connectivity index (χ1n) is 8.34. The van der Waals surface area contributed by atoms with Crippen molar-refractivity contribution < 1.29 is 9.53 Å². The number of hydrogen-bond acceptors (Lipinski definition) is 6. The Morgan fingerprint density at radius 3 is 2.75 bits per heavy atom. The Balaban J connectivity index is 1.89. The van der Waals surface area contributed by atoms with Crippen LogP contribution in [0, 0.1) is 11.3 Å². The molecule has 0 amide bonds. The molecular weight excluding hydrogens is 306 g/mol. The van der Waals surface area contributed by atoms with Crippen molar-refractivity contribution in [2.45, 2.75) is 27.2 Å². The molecule has 128 valence electrons. The average Bonchev–Trinajstić information content (AvgIpc) is 3.23. The van der Waals surface area contributed by atoms with Crippen molar-refractivity contribution in [2.24, 2.45) is 11.3 Å². The second-order valence-corrected chi connectivity index (χ2v) is 6.43. The quantitative estimate of drug-likeness (QED) is 0.782. The van der Waals surface area contributed by atoms with Gasteiger partial charge < -0.3 is 9.64 Å². The van der Waals surface area contributed by atoms with E-state index < -0.39 is 5.41 Å². The van der Waals surface area contributed by atoms with Gasteiger partial charge in [-0.25, -0.2) is 0 Å². The first-order chi connectivity index (χ1) is 11.6. The molecule has 7 nitrogen and oxygen atoms in total. The molecule has 1 aromatic heterocycles. The van der Waals surface area contributed by atoms with Gasteiger partial charge in [0.2, 0.25) is 5.95 Å². The minimum absolute atomic E-state index is 0.124. The topological polar surface area (TPSA) is 73.1 Å². The second-order valence-electron chi connectivity index (χ2n) is 6.43. The number of aromatic nitrogens is 4. The van der Waals surface area contributed by atoms with Crippen LogP contribution >= 0.6 is 0 Å². The molecule has 1 atom stereocenters. The normalized spacial score (nSPS) is 20.6. The lowest BCUT2D eigenvalue weighted by molar-refractivity contribution is -0.156. The molecule has 0 N–H and O–H groups in total. The minimum Gasteiger partial charge on any atom is -0.466 e. The summed E-state index contributed by atoms with van der Waals surface area (Å²) in [5.41, 5.74) is 0.388. The highest BCUT2D eigenvalue weighted by atomic mass is 16.5. The molecule has 0 radical (unpaired) electrons. The van der Waals surface area contributed by atoms with Gasteiger partial charge in [-0.2, -0.15) is 4.68 Å². The maximum Gasteiger partial charge on any atom is 0.314 e. The zero-order valence-corrected chi connectivity index (χ0v) is 14.3. The highest BCUT2D eigenvalue weighted by Gasteiger charge is 2.49. The number of tetrazole rings is 1. The third-order valence-corrected chi connectivity index (χ3v) is 4.82. The fraction of sp³-hybridized carbons (Fsp3) is 0.529. The van der Waals surface area contributed by atoms with E-state index in [-0.39, 0.29) is 11.9 Å². The van der Waals surface area contributed by atoms with Crippen LogP contribution < -0.4 is 4.90 Å². The Morgan fingerprint density at radius 2 is 2.08 bits per heavy atom. The first kappa shape index (κ1) is 16.4. The molecule has 1 aliphatic rings. The van der Waals surface area contributed by atoms with Gasteiger partial charge in [0.1, 0.15) is 0 Å². The number of benzene rings is 1. The molecule has 1 aliphatic heterocycles. The second kappa shape index (κ2) is 6.59. The highest BCUT2D eigenvalue weighted by Crippen LogP contribution is 2.40. The van der Waals surface area contributed by atoms with E-state index in [4.69, 9.17) is 4.74 Å². The number of rotatable bonds is 5. The predicted octanol–water partition coefficient (Wildman–Crippen LogP) is 2.08. The van der Waals surface area contributed by atoms with E-state index in [0.29, 0.717) is 19.1 Å². The molecule has 0 spiro atoms. The number of hydrogen-bond donors (Lipinski definition) is 0. The molecule has 0 saturated carbocycles. The van der Waals surface area contributed by atoms with Gasteiger partial charge in [0.15, 0.2) is 0 Å². The van der Waals surface area contributed by atoms with Crippen LogP contribution in [0.2, 0.25) is 0 Å². The van der Waals surface area contributed by atoms with E-state index >= 15 is 0 Å². The Hall–Kier alpha value is -2.44. The molecule has 0 aliphatic carbocycles.